The number of carboxylic acid groups (broad SMARTS) is 1. The molecule has 0 spiro atoms. The zero-order valence-corrected chi connectivity index (χ0v) is 16.1. The van der Waals surface area contributed by atoms with Crippen molar-refractivity contribution in [1.29, 1.82) is 0 Å². The molecule has 6 nitrogen and oxygen atoms in total. The number of hydrogen-bond donors (Lipinski definition) is 2. The van der Waals surface area contributed by atoms with Gasteiger partial charge < -0.3 is 19.9 Å². The molecule has 144 valence electrons. The number of aliphatic carboxylic acids is 1. The number of carboxylic acids is 1. The molecule has 2 unspecified atom stereocenters. The Balaban J connectivity index is 2.35. The summed E-state index contributed by atoms with van der Waals surface area (Å²) in [6.45, 7) is 3.76. The van der Waals surface area contributed by atoms with E-state index in [1.807, 2.05) is 13.0 Å². The second kappa shape index (κ2) is 9.28. The Labute approximate surface area is 163 Å². The van der Waals surface area contributed by atoms with Crippen LogP contribution in [0.4, 0.5) is 0 Å². The van der Waals surface area contributed by atoms with E-state index in [9.17, 15) is 14.7 Å². The van der Waals surface area contributed by atoms with Gasteiger partial charge in [-0.15, -0.1) is 0 Å². The molecule has 2 aromatic carbocycles. The monoisotopic (exact) mass is 391 g/mol. The Hall–Kier alpha value is -2.73. The molecule has 2 atom stereocenters. The fraction of sp³-hybridized carbons (Fsp3) is 0.300. The zero-order chi connectivity index (χ0) is 20.0. The molecular formula is C20H22ClNO5. The molecule has 0 aliphatic heterocycles. The lowest BCUT2D eigenvalue weighted by Crippen LogP contribution is -2.35. The standard InChI is InChI=1S/C20H22ClNO5/c1-4-27-18-15(21)10-14(11-16(18)26-3)19(23)22-17(12(2)20(24)25)13-8-6-5-7-9-13/h5-12,17H,4H2,1-3H3,(H,22,23)(H,24,25). The first-order valence-electron chi connectivity index (χ1n) is 8.48. The van der Waals surface area contributed by atoms with Crippen LogP contribution in [0.5, 0.6) is 11.5 Å². The van der Waals surface area contributed by atoms with Crippen molar-refractivity contribution in [3.05, 3.63) is 58.6 Å². The first-order valence-corrected chi connectivity index (χ1v) is 8.85. The third-order valence-corrected chi connectivity index (χ3v) is 4.40. The molecule has 0 bridgehead atoms. The van der Waals surface area contributed by atoms with Gasteiger partial charge in [-0.25, -0.2) is 0 Å². The number of ether oxygens (including phenoxy) is 2. The fourth-order valence-corrected chi connectivity index (χ4v) is 2.93. The number of rotatable bonds is 8. The number of halogens is 1. The van der Waals surface area contributed by atoms with Crippen molar-refractivity contribution in [3.8, 4) is 11.5 Å². The number of hydrogen-bond acceptors (Lipinski definition) is 4. The minimum atomic E-state index is -1.01. The van der Waals surface area contributed by atoms with Crippen molar-refractivity contribution in [3.63, 3.8) is 0 Å². The van der Waals surface area contributed by atoms with Crippen LogP contribution in [0.3, 0.4) is 0 Å². The van der Waals surface area contributed by atoms with Gasteiger partial charge in [-0.3, -0.25) is 9.59 Å². The number of benzene rings is 2. The number of nitrogens with one attached hydrogen (secondary N) is 1. The predicted molar refractivity (Wildman–Crippen MR) is 103 cm³/mol. The van der Waals surface area contributed by atoms with Gasteiger partial charge in [0.05, 0.1) is 30.7 Å². The molecule has 0 radical (unpaired) electrons. The molecule has 2 rings (SSSR count). The molecule has 0 heterocycles. The molecule has 27 heavy (non-hydrogen) atoms. The average Bonchev–Trinajstić information content (AvgIpc) is 2.67. The fourth-order valence-electron chi connectivity index (χ4n) is 2.66. The summed E-state index contributed by atoms with van der Waals surface area (Å²) in [4.78, 5) is 24.3. The van der Waals surface area contributed by atoms with Gasteiger partial charge in [-0.2, -0.15) is 0 Å². The van der Waals surface area contributed by atoms with Crippen LogP contribution in [0.1, 0.15) is 35.8 Å². The highest BCUT2D eigenvalue weighted by atomic mass is 35.5. The maximum absolute atomic E-state index is 12.8. The van der Waals surface area contributed by atoms with Gasteiger partial charge in [0.2, 0.25) is 0 Å². The lowest BCUT2D eigenvalue weighted by Gasteiger charge is -2.23. The topological polar surface area (TPSA) is 84.9 Å². The van der Waals surface area contributed by atoms with Gasteiger partial charge in [-0.1, -0.05) is 41.9 Å². The maximum Gasteiger partial charge on any atom is 0.308 e. The number of carbonyl (C=O) groups excluding carboxylic acids is 1. The molecule has 0 fully saturated rings. The van der Waals surface area contributed by atoms with E-state index in [1.165, 1.54) is 19.2 Å². The molecular weight excluding hydrogens is 370 g/mol. The van der Waals surface area contributed by atoms with Crippen LogP contribution in [0.2, 0.25) is 5.02 Å². The smallest absolute Gasteiger partial charge is 0.308 e. The van der Waals surface area contributed by atoms with Crippen molar-refractivity contribution in [2.75, 3.05) is 13.7 Å². The molecule has 0 aromatic heterocycles. The molecule has 0 saturated heterocycles. The average molecular weight is 392 g/mol. The lowest BCUT2D eigenvalue weighted by molar-refractivity contribution is -0.142. The van der Waals surface area contributed by atoms with Crippen LogP contribution in [0.25, 0.3) is 0 Å². The Bertz CT molecular complexity index is 810. The molecule has 2 aromatic rings. The number of carbonyl (C=O) groups is 2. The quantitative estimate of drug-likeness (QED) is 0.712. The van der Waals surface area contributed by atoms with Gasteiger partial charge in [0.25, 0.3) is 5.91 Å². The van der Waals surface area contributed by atoms with Crippen molar-refractivity contribution in [2.45, 2.75) is 19.9 Å². The van der Waals surface area contributed by atoms with Crippen molar-refractivity contribution in [1.82, 2.24) is 5.32 Å². The van der Waals surface area contributed by atoms with E-state index in [4.69, 9.17) is 21.1 Å². The minimum absolute atomic E-state index is 0.240. The first kappa shape index (κ1) is 20.6. The summed E-state index contributed by atoms with van der Waals surface area (Å²) in [6, 6.07) is 11.2. The van der Waals surface area contributed by atoms with Crippen LogP contribution in [-0.4, -0.2) is 30.7 Å². The second-order valence-electron chi connectivity index (χ2n) is 5.91. The molecule has 1 amide bonds. The summed E-state index contributed by atoms with van der Waals surface area (Å²) >= 11 is 6.22. The van der Waals surface area contributed by atoms with Crippen molar-refractivity contribution >= 4 is 23.5 Å². The summed E-state index contributed by atoms with van der Waals surface area (Å²) < 4.78 is 10.7. The highest BCUT2D eigenvalue weighted by molar-refractivity contribution is 6.32. The summed E-state index contributed by atoms with van der Waals surface area (Å²) in [5.41, 5.74) is 0.948. The van der Waals surface area contributed by atoms with Gasteiger partial charge in [0, 0.05) is 5.56 Å². The first-order chi connectivity index (χ1) is 12.9. The van der Waals surface area contributed by atoms with Crippen LogP contribution in [0.15, 0.2) is 42.5 Å². The second-order valence-corrected chi connectivity index (χ2v) is 6.32. The number of methoxy groups -OCH3 is 1. The molecule has 7 heteroatoms. The van der Waals surface area contributed by atoms with E-state index in [0.717, 1.165) is 0 Å². The molecule has 0 aliphatic carbocycles. The Morgan fingerprint density at radius 2 is 1.89 bits per heavy atom. The van der Waals surface area contributed by atoms with E-state index in [-0.39, 0.29) is 10.6 Å². The van der Waals surface area contributed by atoms with Gasteiger partial charge in [-0.05, 0) is 31.5 Å². The van der Waals surface area contributed by atoms with Gasteiger partial charge in [0.15, 0.2) is 11.5 Å². The summed E-state index contributed by atoms with van der Waals surface area (Å²) in [5.74, 6) is -1.60. The molecule has 0 saturated carbocycles. The Morgan fingerprint density at radius 1 is 1.22 bits per heavy atom. The zero-order valence-electron chi connectivity index (χ0n) is 15.4. The van der Waals surface area contributed by atoms with E-state index in [1.54, 1.807) is 31.2 Å². The van der Waals surface area contributed by atoms with E-state index < -0.39 is 23.8 Å². The Morgan fingerprint density at radius 3 is 2.44 bits per heavy atom. The summed E-state index contributed by atoms with van der Waals surface area (Å²) in [6.07, 6.45) is 0. The third kappa shape index (κ3) is 4.92. The third-order valence-electron chi connectivity index (χ3n) is 4.12. The van der Waals surface area contributed by atoms with Crippen LogP contribution in [-0.2, 0) is 4.79 Å². The summed E-state index contributed by atoms with van der Waals surface area (Å²) in [7, 11) is 1.45. The predicted octanol–water partition coefficient (Wildman–Crippen LogP) is 3.94. The molecule has 0 aliphatic rings. The normalized spacial score (nSPS) is 12.7. The summed E-state index contributed by atoms with van der Waals surface area (Å²) in [5, 5.41) is 12.4. The maximum atomic E-state index is 12.8. The Kier molecular flexibility index (Phi) is 7.07. The van der Waals surface area contributed by atoms with Crippen LogP contribution >= 0.6 is 11.6 Å². The van der Waals surface area contributed by atoms with Crippen LogP contribution in [0, 0.1) is 5.92 Å². The highest BCUT2D eigenvalue weighted by Crippen LogP contribution is 2.36. The van der Waals surface area contributed by atoms with Crippen LogP contribution < -0.4 is 14.8 Å². The highest BCUT2D eigenvalue weighted by Gasteiger charge is 2.27. The SMILES string of the molecule is CCOc1c(Cl)cc(C(=O)NC(c2ccccc2)C(C)C(=O)O)cc1OC. The van der Waals surface area contributed by atoms with E-state index in [0.29, 0.717) is 23.7 Å². The van der Waals surface area contributed by atoms with Crippen molar-refractivity contribution in [2.24, 2.45) is 5.92 Å². The van der Waals surface area contributed by atoms with E-state index in [2.05, 4.69) is 5.32 Å². The van der Waals surface area contributed by atoms with E-state index >= 15 is 0 Å². The minimum Gasteiger partial charge on any atom is -0.493 e. The van der Waals surface area contributed by atoms with Crippen molar-refractivity contribution < 1.29 is 24.2 Å². The van der Waals surface area contributed by atoms with Gasteiger partial charge >= 0.3 is 5.97 Å². The molecule has 2 N–H and O–H groups in total. The number of amides is 1. The largest absolute Gasteiger partial charge is 0.493 e. The lowest BCUT2D eigenvalue weighted by atomic mass is 9.94. The van der Waals surface area contributed by atoms with Gasteiger partial charge in [0.1, 0.15) is 0 Å².